The van der Waals surface area contributed by atoms with E-state index in [0.29, 0.717) is 23.6 Å². The van der Waals surface area contributed by atoms with Gasteiger partial charge in [0.1, 0.15) is 0 Å². The molecule has 0 aliphatic heterocycles. The van der Waals surface area contributed by atoms with Gasteiger partial charge in [-0.25, -0.2) is 4.79 Å². The third-order valence-electron chi connectivity index (χ3n) is 5.42. The van der Waals surface area contributed by atoms with E-state index in [0.717, 1.165) is 17.8 Å². The van der Waals surface area contributed by atoms with Gasteiger partial charge in [-0.05, 0) is 44.5 Å². The highest BCUT2D eigenvalue weighted by Gasteiger charge is 2.30. The predicted molar refractivity (Wildman–Crippen MR) is 106 cm³/mol. The standard InChI is InChI=1S/C20H20F3N5O2/c1-5-10-26-17(29)15-16(25(4)19(26)30)24-18-27(11(2)12(3)28(15)18)14-8-6-13(7-9-14)20(21,22)23/h6-9H,5,10H2,1-4H3. The minimum Gasteiger partial charge on any atom is -0.283 e. The Balaban J connectivity index is 2.08. The molecule has 0 aliphatic carbocycles. The van der Waals surface area contributed by atoms with Crippen LogP contribution in [-0.2, 0) is 19.8 Å². The van der Waals surface area contributed by atoms with E-state index in [2.05, 4.69) is 4.98 Å². The Morgan fingerprint density at radius 1 is 1.03 bits per heavy atom. The summed E-state index contributed by atoms with van der Waals surface area (Å²) in [5, 5.41) is 0. The van der Waals surface area contributed by atoms with Crippen LogP contribution in [0.4, 0.5) is 13.2 Å². The molecule has 158 valence electrons. The predicted octanol–water partition coefficient (Wildman–Crippen LogP) is 3.18. The van der Waals surface area contributed by atoms with Crippen molar-refractivity contribution in [2.24, 2.45) is 7.05 Å². The van der Waals surface area contributed by atoms with Crippen LogP contribution in [0.1, 0.15) is 30.3 Å². The van der Waals surface area contributed by atoms with Gasteiger partial charge in [0.05, 0.1) is 5.56 Å². The molecule has 30 heavy (non-hydrogen) atoms. The Hall–Kier alpha value is -3.30. The van der Waals surface area contributed by atoms with Crippen molar-refractivity contribution in [3.8, 4) is 5.69 Å². The molecular formula is C20H20F3N5O2. The summed E-state index contributed by atoms with van der Waals surface area (Å²) in [5.41, 5.74) is 0.791. The molecule has 0 saturated heterocycles. The number of fused-ring (bicyclic) bond motifs is 3. The van der Waals surface area contributed by atoms with Gasteiger partial charge in [0, 0.05) is 30.7 Å². The molecular weight excluding hydrogens is 399 g/mol. The van der Waals surface area contributed by atoms with Crippen LogP contribution in [0.25, 0.3) is 22.6 Å². The van der Waals surface area contributed by atoms with Crippen molar-refractivity contribution in [3.63, 3.8) is 0 Å². The average molecular weight is 419 g/mol. The summed E-state index contributed by atoms with van der Waals surface area (Å²) in [7, 11) is 1.55. The maximum absolute atomic E-state index is 13.1. The van der Waals surface area contributed by atoms with Crippen LogP contribution < -0.4 is 11.2 Å². The monoisotopic (exact) mass is 419 g/mol. The summed E-state index contributed by atoms with van der Waals surface area (Å²) < 4.78 is 44.7. The Morgan fingerprint density at radius 3 is 2.23 bits per heavy atom. The molecule has 0 spiro atoms. The highest BCUT2D eigenvalue weighted by molar-refractivity contribution is 5.77. The van der Waals surface area contributed by atoms with Gasteiger partial charge >= 0.3 is 11.9 Å². The van der Waals surface area contributed by atoms with E-state index in [1.807, 2.05) is 6.92 Å². The fourth-order valence-corrected chi connectivity index (χ4v) is 3.78. The maximum Gasteiger partial charge on any atom is 0.416 e. The quantitative estimate of drug-likeness (QED) is 0.512. The second kappa shape index (κ2) is 6.61. The second-order valence-electron chi connectivity index (χ2n) is 7.27. The van der Waals surface area contributed by atoms with Crippen molar-refractivity contribution in [2.75, 3.05) is 0 Å². The van der Waals surface area contributed by atoms with Crippen LogP contribution in [-0.4, -0.2) is 23.1 Å². The number of halogens is 3. The number of imidazole rings is 2. The lowest BCUT2D eigenvalue weighted by Gasteiger charge is -2.10. The number of rotatable bonds is 3. The number of benzene rings is 1. The number of aromatic nitrogens is 5. The van der Waals surface area contributed by atoms with Crippen molar-refractivity contribution in [1.82, 2.24) is 23.1 Å². The molecule has 0 bridgehead atoms. The lowest BCUT2D eigenvalue weighted by atomic mass is 10.2. The normalized spacial score (nSPS) is 12.4. The van der Waals surface area contributed by atoms with E-state index in [1.54, 1.807) is 29.9 Å². The van der Waals surface area contributed by atoms with E-state index in [-0.39, 0.29) is 17.7 Å². The van der Waals surface area contributed by atoms with Gasteiger partial charge in [-0.15, -0.1) is 0 Å². The fourth-order valence-electron chi connectivity index (χ4n) is 3.78. The van der Waals surface area contributed by atoms with Crippen LogP contribution in [0, 0.1) is 13.8 Å². The SMILES string of the molecule is CCCn1c(=O)c2c(nc3n(-c4ccc(C(F)(F)F)cc4)c(C)c(C)n23)n(C)c1=O. The lowest BCUT2D eigenvalue weighted by Crippen LogP contribution is -2.39. The Kier molecular flexibility index (Phi) is 4.41. The van der Waals surface area contributed by atoms with Gasteiger partial charge in [-0.2, -0.15) is 18.2 Å². The largest absolute Gasteiger partial charge is 0.416 e. The van der Waals surface area contributed by atoms with Crippen molar-refractivity contribution in [3.05, 3.63) is 62.1 Å². The van der Waals surface area contributed by atoms with Gasteiger partial charge in [0.15, 0.2) is 11.2 Å². The molecule has 1 aromatic carbocycles. The zero-order chi connectivity index (χ0) is 22.0. The molecule has 7 nitrogen and oxygen atoms in total. The number of nitrogens with zero attached hydrogens (tertiary/aromatic N) is 5. The molecule has 0 aliphatic rings. The molecule has 0 unspecified atom stereocenters. The Morgan fingerprint density at radius 2 is 1.67 bits per heavy atom. The highest BCUT2D eigenvalue weighted by atomic mass is 19.4. The molecule has 4 aromatic rings. The molecule has 0 saturated carbocycles. The van der Waals surface area contributed by atoms with Gasteiger partial charge < -0.3 is 0 Å². The zero-order valence-electron chi connectivity index (χ0n) is 16.9. The number of hydrogen-bond acceptors (Lipinski definition) is 3. The summed E-state index contributed by atoms with van der Waals surface area (Å²) in [6, 6.07) is 4.74. The van der Waals surface area contributed by atoms with E-state index in [9.17, 15) is 22.8 Å². The molecule has 0 radical (unpaired) electrons. The maximum atomic E-state index is 13.1. The second-order valence-corrected chi connectivity index (χ2v) is 7.27. The minimum absolute atomic E-state index is 0.233. The lowest BCUT2D eigenvalue weighted by molar-refractivity contribution is -0.137. The van der Waals surface area contributed by atoms with Crippen LogP contribution in [0.15, 0.2) is 33.9 Å². The summed E-state index contributed by atoms with van der Waals surface area (Å²) in [6.45, 7) is 5.77. The molecule has 0 atom stereocenters. The number of aryl methyl sites for hydroxylation is 2. The molecule has 0 fully saturated rings. The first kappa shape index (κ1) is 20.0. The average Bonchev–Trinajstić information content (AvgIpc) is 3.19. The number of hydrogen-bond donors (Lipinski definition) is 0. The van der Waals surface area contributed by atoms with Crippen molar-refractivity contribution >= 4 is 16.9 Å². The van der Waals surface area contributed by atoms with Crippen molar-refractivity contribution < 1.29 is 13.2 Å². The van der Waals surface area contributed by atoms with Crippen molar-refractivity contribution in [1.29, 1.82) is 0 Å². The summed E-state index contributed by atoms with van der Waals surface area (Å²) >= 11 is 0. The van der Waals surface area contributed by atoms with Crippen LogP contribution in [0.3, 0.4) is 0 Å². The summed E-state index contributed by atoms with van der Waals surface area (Å²) in [5.74, 6) is 0.362. The minimum atomic E-state index is -4.43. The van der Waals surface area contributed by atoms with Crippen LogP contribution in [0.5, 0.6) is 0 Å². The molecule has 0 amide bonds. The topological polar surface area (TPSA) is 66.2 Å². The molecule has 0 N–H and O–H groups in total. The van der Waals surface area contributed by atoms with E-state index in [1.165, 1.54) is 21.3 Å². The number of alkyl halides is 3. The smallest absolute Gasteiger partial charge is 0.283 e. The van der Waals surface area contributed by atoms with E-state index in [4.69, 9.17) is 0 Å². The van der Waals surface area contributed by atoms with Gasteiger partial charge in [0.25, 0.3) is 5.56 Å². The Bertz CT molecular complexity index is 1400. The summed E-state index contributed by atoms with van der Waals surface area (Å²) in [6.07, 6.45) is -3.81. The first-order chi connectivity index (χ1) is 14.1. The highest BCUT2D eigenvalue weighted by Crippen LogP contribution is 2.31. The van der Waals surface area contributed by atoms with E-state index < -0.39 is 23.0 Å². The fraction of sp³-hybridized carbons (Fsp3) is 0.350. The van der Waals surface area contributed by atoms with Crippen molar-refractivity contribution in [2.45, 2.75) is 39.9 Å². The van der Waals surface area contributed by atoms with Gasteiger partial charge in [-0.1, -0.05) is 6.92 Å². The van der Waals surface area contributed by atoms with Gasteiger partial charge in [-0.3, -0.25) is 22.9 Å². The van der Waals surface area contributed by atoms with Gasteiger partial charge in [0.2, 0.25) is 5.78 Å². The molecule has 3 aromatic heterocycles. The first-order valence-electron chi connectivity index (χ1n) is 9.45. The molecule has 4 rings (SSSR count). The summed E-state index contributed by atoms with van der Waals surface area (Å²) in [4.78, 5) is 30.2. The van der Waals surface area contributed by atoms with E-state index >= 15 is 0 Å². The van der Waals surface area contributed by atoms with Crippen LogP contribution >= 0.6 is 0 Å². The first-order valence-corrected chi connectivity index (χ1v) is 9.45. The molecule has 10 heteroatoms. The zero-order valence-corrected chi connectivity index (χ0v) is 16.9. The third kappa shape index (κ3) is 2.70. The Labute approximate surface area is 168 Å². The molecule has 3 heterocycles. The van der Waals surface area contributed by atoms with Crippen LogP contribution in [0.2, 0.25) is 0 Å². The third-order valence-corrected chi connectivity index (χ3v) is 5.42.